The van der Waals surface area contributed by atoms with E-state index in [1.807, 2.05) is 0 Å². The summed E-state index contributed by atoms with van der Waals surface area (Å²) >= 11 is 0. The molecule has 0 saturated carbocycles. The summed E-state index contributed by atoms with van der Waals surface area (Å²) in [4.78, 5) is 7.93. The van der Waals surface area contributed by atoms with Crippen molar-refractivity contribution in [3.63, 3.8) is 0 Å². The largest absolute Gasteiger partial charge is 0.803 e. The van der Waals surface area contributed by atoms with Crippen LogP contribution in [0.1, 0.15) is 11.1 Å². The summed E-state index contributed by atoms with van der Waals surface area (Å²) in [7, 11) is 1.57. The molecule has 0 aliphatic carbocycles. The van der Waals surface area contributed by atoms with Gasteiger partial charge in [-0.25, -0.2) is 4.98 Å². The molecule has 0 fully saturated rings. The molecule has 0 saturated heterocycles. The highest BCUT2D eigenvalue weighted by atomic mass is 16.5. The Morgan fingerprint density at radius 2 is 1.96 bits per heavy atom. The lowest BCUT2D eigenvalue weighted by molar-refractivity contribution is 0.414. The van der Waals surface area contributed by atoms with E-state index in [4.69, 9.17) is 16.2 Å². The molecule has 1 aromatic heterocycles. The van der Waals surface area contributed by atoms with E-state index in [1.54, 1.807) is 61.8 Å². The van der Waals surface area contributed by atoms with Crippen molar-refractivity contribution in [1.82, 2.24) is 9.97 Å². The highest BCUT2D eigenvalue weighted by molar-refractivity contribution is 6.18. The number of methoxy groups -OCH3 is 1. The Labute approximate surface area is 145 Å². The van der Waals surface area contributed by atoms with Crippen molar-refractivity contribution in [2.75, 3.05) is 23.9 Å². The zero-order valence-electron chi connectivity index (χ0n) is 13.6. The molecule has 1 heterocycles. The molecule has 0 atom stereocenters. The van der Waals surface area contributed by atoms with Crippen molar-refractivity contribution >= 4 is 28.9 Å². The van der Waals surface area contributed by atoms with Gasteiger partial charge >= 0.3 is 0 Å². The Hall–Kier alpha value is -3.61. The van der Waals surface area contributed by atoms with Crippen molar-refractivity contribution in [3.05, 3.63) is 71.3 Å². The summed E-state index contributed by atoms with van der Waals surface area (Å²) in [6.45, 7) is 0. The fourth-order valence-electron chi connectivity index (χ4n) is 2.36. The van der Waals surface area contributed by atoms with E-state index in [2.05, 4.69) is 15.3 Å². The number of hydrogen-bond donors (Lipinski definition) is 3. The van der Waals surface area contributed by atoms with Gasteiger partial charge in [0.15, 0.2) is 0 Å². The van der Waals surface area contributed by atoms with E-state index < -0.39 is 0 Å². The van der Waals surface area contributed by atoms with Gasteiger partial charge in [0.2, 0.25) is 5.95 Å². The number of nitrogens with two attached hydrogens (primary N) is 2. The third kappa shape index (κ3) is 3.66. The zero-order valence-corrected chi connectivity index (χ0v) is 13.6. The molecule has 0 aliphatic heterocycles. The van der Waals surface area contributed by atoms with Crippen LogP contribution >= 0.6 is 0 Å². The van der Waals surface area contributed by atoms with Crippen LogP contribution < -0.4 is 21.5 Å². The summed E-state index contributed by atoms with van der Waals surface area (Å²) in [5.74, 6) is 1.36. The Balaban J connectivity index is 1.92. The number of nitrogens with zero attached hydrogens (tertiary/aromatic N) is 3. The van der Waals surface area contributed by atoms with Gasteiger partial charge in [-0.15, -0.1) is 5.71 Å². The standard InChI is InChI=1S/C18H17N6O/c1-25-13-4-2-3-11(9-13)17(20)14-10-12(5-6-15(14)19)23-16-7-8-22-18(21)24-16/h2-10H,19H2,1H3,(H3,21,22,23,24)/q-1. The first-order valence-electron chi connectivity index (χ1n) is 7.52. The molecule has 0 aliphatic rings. The van der Waals surface area contributed by atoms with Crippen molar-refractivity contribution in [1.29, 1.82) is 0 Å². The lowest BCUT2D eigenvalue weighted by Crippen LogP contribution is -2.06. The third-order valence-corrected chi connectivity index (χ3v) is 3.60. The van der Waals surface area contributed by atoms with Gasteiger partial charge in [-0.1, -0.05) is 12.1 Å². The topological polar surface area (TPSA) is 121 Å². The minimum absolute atomic E-state index is 0.0576. The molecule has 7 heteroatoms. The lowest BCUT2D eigenvalue weighted by Gasteiger charge is -2.18. The van der Waals surface area contributed by atoms with Crippen LogP contribution in [0.15, 0.2) is 54.7 Å². The van der Waals surface area contributed by atoms with Crippen LogP contribution in [0.25, 0.3) is 5.41 Å². The van der Waals surface area contributed by atoms with Gasteiger partial charge in [-0.3, -0.25) is 0 Å². The second kappa shape index (κ2) is 6.88. The Bertz CT molecular complexity index is 925. The molecule has 0 unspecified atom stereocenters. The average Bonchev–Trinajstić information content (AvgIpc) is 2.63. The minimum Gasteiger partial charge on any atom is -0.803 e. The molecule has 0 spiro atoms. The molecule has 0 amide bonds. The summed E-state index contributed by atoms with van der Waals surface area (Å²) in [6.07, 6.45) is 1.56. The van der Waals surface area contributed by atoms with Crippen LogP contribution in [0, 0.1) is 0 Å². The number of anilines is 4. The Morgan fingerprint density at radius 1 is 1.12 bits per heavy atom. The highest BCUT2D eigenvalue weighted by Crippen LogP contribution is 2.24. The van der Waals surface area contributed by atoms with E-state index in [1.165, 1.54) is 0 Å². The van der Waals surface area contributed by atoms with Gasteiger partial charge < -0.3 is 26.9 Å². The summed E-state index contributed by atoms with van der Waals surface area (Å²) in [6, 6.07) is 14.0. The molecule has 5 N–H and O–H groups in total. The number of nitrogen functional groups attached to an aromatic ring is 2. The van der Waals surface area contributed by atoms with Crippen molar-refractivity contribution < 1.29 is 4.74 Å². The lowest BCUT2D eigenvalue weighted by atomic mass is 10.00. The van der Waals surface area contributed by atoms with E-state index in [9.17, 15) is 5.41 Å². The number of hydrogen-bond acceptors (Lipinski definition) is 6. The molecule has 7 nitrogen and oxygen atoms in total. The Kier molecular flexibility index (Phi) is 4.47. The number of nitrogens with one attached hydrogen (secondary N) is 1. The number of rotatable bonds is 5. The summed E-state index contributed by atoms with van der Waals surface area (Å²) in [5.41, 5.74) is 13.9. The molecule has 25 heavy (non-hydrogen) atoms. The van der Waals surface area contributed by atoms with Crippen LogP contribution in [0.5, 0.6) is 5.75 Å². The second-order valence-corrected chi connectivity index (χ2v) is 5.31. The fraction of sp³-hybridized carbons (Fsp3) is 0.0556. The van der Waals surface area contributed by atoms with Gasteiger partial charge in [0.25, 0.3) is 0 Å². The highest BCUT2D eigenvalue weighted by Gasteiger charge is 2.06. The molecule has 3 rings (SSSR count). The first-order valence-corrected chi connectivity index (χ1v) is 7.52. The number of aromatic nitrogens is 2. The third-order valence-electron chi connectivity index (χ3n) is 3.60. The maximum atomic E-state index is 10.6. The molecule has 0 bridgehead atoms. The maximum absolute atomic E-state index is 10.6. The predicted octanol–water partition coefficient (Wildman–Crippen LogP) is 2.80. The average molecular weight is 333 g/mol. The van der Waals surface area contributed by atoms with Crippen molar-refractivity contribution in [3.8, 4) is 5.75 Å². The maximum Gasteiger partial charge on any atom is 0.221 e. The van der Waals surface area contributed by atoms with Gasteiger partial charge in [0.1, 0.15) is 11.6 Å². The summed E-state index contributed by atoms with van der Waals surface area (Å²) < 4.78 is 5.19. The fourth-order valence-corrected chi connectivity index (χ4v) is 2.36. The monoisotopic (exact) mass is 333 g/mol. The van der Waals surface area contributed by atoms with Crippen molar-refractivity contribution in [2.45, 2.75) is 0 Å². The number of ether oxygens (including phenoxy) is 1. The summed E-state index contributed by atoms with van der Waals surface area (Å²) in [5, 5.41) is 13.7. The Morgan fingerprint density at radius 3 is 2.72 bits per heavy atom. The SMILES string of the molecule is COc1cccc(C(=[N-])c2cc(Nc3ccnc(N)n3)ccc2N)c1. The minimum atomic E-state index is 0.0576. The van der Waals surface area contributed by atoms with E-state index in [0.717, 1.165) is 0 Å². The van der Waals surface area contributed by atoms with Crippen LogP contribution in [-0.4, -0.2) is 22.8 Å². The molecule has 2 aromatic carbocycles. The van der Waals surface area contributed by atoms with E-state index >= 15 is 0 Å². The first-order chi connectivity index (χ1) is 12.1. The first kappa shape index (κ1) is 16.3. The second-order valence-electron chi connectivity index (χ2n) is 5.31. The van der Waals surface area contributed by atoms with Crippen LogP contribution in [0.3, 0.4) is 0 Å². The van der Waals surface area contributed by atoms with Gasteiger partial charge in [0, 0.05) is 17.6 Å². The van der Waals surface area contributed by atoms with Gasteiger partial charge in [-0.2, -0.15) is 4.98 Å². The van der Waals surface area contributed by atoms with Gasteiger partial charge in [-0.05, 0) is 47.5 Å². The van der Waals surface area contributed by atoms with Crippen LogP contribution in [0.4, 0.5) is 23.1 Å². The normalized spacial score (nSPS) is 10.3. The van der Waals surface area contributed by atoms with E-state index in [-0.39, 0.29) is 11.7 Å². The predicted molar refractivity (Wildman–Crippen MR) is 100 cm³/mol. The number of benzene rings is 2. The van der Waals surface area contributed by atoms with Crippen LogP contribution in [0.2, 0.25) is 0 Å². The van der Waals surface area contributed by atoms with Gasteiger partial charge in [0.05, 0.1) is 7.11 Å². The smallest absolute Gasteiger partial charge is 0.221 e. The zero-order chi connectivity index (χ0) is 17.8. The van der Waals surface area contributed by atoms with E-state index in [0.29, 0.717) is 34.1 Å². The molecule has 3 aromatic rings. The molecule has 126 valence electrons. The van der Waals surface area contributed by atoms with Crippen molar-refractivity contribution in [2.24, 2.45) is 0 Å². The quantitative estimate of drug-likeness (QED) is 0.487. The molecular weight excluding hydrogens is 316 g/mol. The molecular formula is C18H17N6O-. The molecule has 0 radical (unpaired) electrons. The van der Waals surface area contributed by atoms with Crippen LogP contribution in [-0.2, 0) is 0 Å².